The Morgan fingerprint density at radius 2 is 2.12 bits per heavy atom. The monoisotopic (exact) mass is 363 g/mol. The Labute approximate surface area is 153 Å². The number of hydrogen-bond donors (Lipinski definition) is 2. The lowest BCUT2D eigenvalue weighted by molar-refractivity contribution is 0.387. The lowest BCUT2D eigenvalue weighted by Gasteiger charge is -2.22. The molecule has 1 aliphatic rings. The smallest absolute Gasteiger partial charge is 0.165 e. The molecule has 6 heteroatoms. The molecule has 2 atom stereocenters. The Morgan fingerprint density at radius 1 is 1.32 bits per heavy atom. The van der Waals surface area contributed by atoms with Gasteiger partial charge < -0.3 is 10.1 Å². The Morgan fingerprint density at radius 3 is 2.76 bits per heavy atom. The third kappa shape index (κ3) is 4.86. The molecule has 1 heterocycles. The highest BCUT2D eigenvalue weighted by atomic mass is 32.2. The Balaban J connectivity index is 0.00000109. The van der Waals surface area contributed by atoms with Gasteiger partial charge in [0.15, 0.2) is 11.6 Å². The molecule has 1 aromatic heterocycles. The zero-order valence-corrected chi connectivity index (χ0v) is 15.8. The third-order valence-corrected chi connectivity index (χ3v) is 4.91. The van der Waals surface area contributed by atoms with Gasteiger partial charge in [-0.3, -0.25) is 10.1 Å². The molecule has 2 unspecified atom stereocenters. The number of fused-ring (bicyclic) bond motifs is 1. The molecular formula is C19H26FN3OS. The van der Waals surface area contributed by atoms with Crippen LogP contribution in [0, 0.1) is 11.7 Å². The quantitative estimate of drug-likeness (QED) is 0.592. The van der Waals surface area contributed by atoms with E-state index in [1.165, 1.54) is 25.1 Å². The number of halogens is 1. The third-order valence-electron chi connectivity index (χ3n) is 4.16. The van der Waals surface area contributed by atoms with Crippen molar-refractivity contribution in [3.05, 3.63) is 42.4 Å². The molecule has 4 nitrogen and oxygen atoms in total. The van der Waals surface area contributed by atoms with Gasteiger partial charge in [0.2, 0.25) is 0 Å². The van der Waals surface area contributed by atoms with Crippen LogP contribution in [0.15, 0.2) is 36.5 Å². The SMILES string of the molecule is CC.COc1cc2nccc(NCC3C=CC(SN)CC3)c2cc1F. The van der Waals surface area contributed by atoms with Crippen LogP contribution >= 0.6 is 11.9 Å². The van der Waals surface area contributed by atoms with Crippen molar-refractivity contribution in [1.82, 2.24) is 4.98 Å². The molecule has 0 aliphatic heterocycles. The van der Waals surface area contributed by atoms with E-state index < -0.39 is 0 Å². The fourth-order valence-corrected chi connectivity index (χ4v) is 3.29. The van der Waals surface area contributed by atoms with Gasteiger partial charge in [0.05, 0.1) is 12.6 Å². The van der Waals surface area contributed by atoms with Crippen LogP contribution in [0.1, 0.15) is 26.7 Å². The molecule has 0 fully saturated rings. The maximum atomic E-state index is 14.0. The molecule has 0 saturated heterocycles. The lowest BCUT2D eigenvalue weighted by atomic mass is 9.95. The number of ether oxygens (including phenoxy) is 1. The first-order valence-electron chi connectivity index (χ1n) is 8.61. The van der Waals surface area contributed by atoms with E-state index in [1.54, 1.807) is 12.3 Å². The van der Waals surface area contributed by atoms with Crippen LogP contribution in [0.2, 0.25) is 0 Å². The maximum Gasteiger partial charge on any atom is 0.165 e. The van der Waals surface area contributed by atoms with Gasteiger partial charge in [-0.05, 0) is 30.9 Å². The second-order valence-electron chi connectivity index (χ2n) is 5.64. The summed E-state index contributed by atoms with van der Waals surface area (Å²) >= 11 is 1.40. The van der Waals surface area contributed by atoms with E-state index in [2.05, 4.69) is 22.5 Å². The summed E-state index contributed by atoms with van der Waals surface area (Å²) in [6, 6.07) is 4.97. The minimum atomic E-state index is -0.378. The van der Waals surface area contributed by atoms with E-state index in [0.29, 0.717) is 16.7 Å². The number of anilines is 1. The number of nitrogens with two attached hydrogens (primary N) is 1. The van der Waals surface area contributed by atoms with Crippen LogP contribution in [0.5, 0.6) is 5.75 Å². The Kier molecular flexibility index (Phi) is 7.52. The topological polar surface area (TPSA) is 60.2 Å². The van der Waals surface area contributed by atoms with Gasteiger partial charge in [0.1, 0.15) is 0 Å². The molecule has 1 aliphatic carbocycles. The van der Waals surface area contributed by atoms with Crippen molar-refractivity contribution in [2.45, 2.75) is 31.9 Å². The minimum Gasteiger partial charge on any atom is -0.494 e. The summed E-state index contributed by atoms with van der Waals surface area (Å²) in [7, 11) is 1.45. The standard InChI is InChI=1S/C17H20FN3OS.C2H6/c1-22-17-9-16-13(8-14(17)18)15(6-7-20-16)21-10-11-2-4-12(23-19)5-3-11;1-2/h2,4,6-9,11-12H,3,5,10,19H2,1H3,(H,20,21);1-2H3. The van der Waals surface area contributed by atoms with E-state index in [9.17, 15) is 4.39 Å². The highest BCUT2D eigenvalue weighted by Gasteiger charge is 2.16. The molecule has 0 bridgehead atoms. The van der Waals surface area contributed by atoms with Gasteiger partial charge in [-0.15, -0.1) is 0 Å². The molecule has 0 radical (unpaired) electrons. The predicted molar refractivity (Wildman–Crippen MR) is 106 cm³/mol. The summed E-state index contributed by atoms with van der Waals surface area (Å²) in [4.78, 5) is 4.29. The summed E-state index contributed by atoms with van der Waals surface area (Å²) in [5.41, 5.74) is 1.60. The van der Waals surface area contributed by atoms with Crippen molar-refractivity contribution in [2.75, 3.05) is 19.0 Å². The fourth-order valence-electron chi connectivity index (χ4n) is 2.83. The zero-order chi connectivity index (χ0) is 18.2. The van der Waals surface area contributed by atoms with Gasteiger partial charge in [-0.25, -0.2) is 4.39 Å². The van der Waals surface area contributed by atoms with Crippen molar-refractivity contribution < 1.29 is 9.13 Å². The van der Waals surface area contributed by atoms with Gasteiger partial charge in [0, 0.05) is 35.1 Å². The zero-order valence-electron chi connectivity index (χ0n) is 15.0. The highest BCUT2D eigenvalue weighted by Crippen LogP contribution is 2.29. The van der Waals surface area contributed by atoms with E-state index in [4.69, 9.17) is 9.88 Å². The molecule has 1 aromatic carbocycles. The predicted octanol–water partition coefficient (Wildman–Crippen LogP) is 4.76. The highest BCUT2D eigenvalue weighted by molar-refractivity contribution is 7.97. The molecule has 0 spiro atoms. The van der Waals surface area contributed by atoms with Gasteiger partial charge in [0.25, 0.3) is 0 Å². The normalized spacial score (nSPS) is 19.2. The van der Waals surface area contributed by atoms with Gasteiger partial charge in [-0.1, -0.05) is 37.9 Å². The van der Waals surface area contributed by atoms with Crippen LogP contribution in [0.3, 0.4) is 0 Å². The van der Waals surface area contributed by atoms with E-state index in [1.807, 2.05) is 19.9 Å². The summed E-state index contributed by atoms with van der Waals surface area (Å²) in [5, 5.41) is 10.2. The molecule has 25 heavy (non-hydrogen) atoms. The Bertz CT molecular complexity index is 723. The number of nitrogens with zero attached hydrogens (tertiary/aromatic N) is 1. The van der Waals surface area contributed by atoms with Crippen molar-refractivity contribution >= 4 is 28.5 Å². The number of rotatable bonds is 5. The number of aromatic nitrogens is 1. The van der Waals surface area contributed by atoms with Crippen LogP contribution in [-0.2, 0) is 0 Å². The number of benzene rings is 1. The molecule has 3 N–H and O–H groups in total. The molecule has 3 rings (SSSR count). The van der Waals surface area contributed by atoms with Crippen molar-refractivity contribution in [3.8, 4) is 5.75 Å². The maximum absolute atomic E-state index is 14.0. The molecule has 0 amide bonds. The summed E-state index contributed by atoms with van der Waals surface area (Å²) in [6.45, 7) is 4.81. The van der Waals surface area contributed by atoms with Crippen LogP contribution in [0.4, 0.5) is 10.1 Å². The number of nitrogens with one attached hydrogen (secondary N) is 1. The van der Waals surface area contributed by atoms with Crippen molar-refractivity contribution in [2.24, 2.45) is 11.1 Å². The second kappa shape index (κ2) is 9.63. The first-order chi connectivity index (χ1) is 12.2. The summed E-state index contributed by atoms with van der Waals surface area (Å²) < 4.78 is 19.0. The van der Waals surface area contributed by atoms with Crippen LogP contribution in [0.25, 0.3) is 10.9 Å². The summed E-state index contributed by atoms with van der Waals surface area (Å²) in [6.07, 6.45) is 8.31. The average Bonchev–Trinajstić information content (AvgIpc) is 2.68. The van der Waals surface area contributed by atoms with Gasteiger partial charge in [-0.2, -0.15) is 0 Å². The molecular weight excluding hydrogens is 337 g/mol. The first-order valence-corrected chi connectivity index (χ1v) is 9.55. The number of methoxy groups -OCH3 is 1. The fraction of sp³-hybridized carbons (Fsp3) is 0.421. The van der Waals surface area contributed by atoms with Gasteiger partial charge >= 0.3 is 0 Å². The van der Waals surface area contributed by atoms with E-state index in [0.717, 1.165) is 30.5 Å². The largest absolute Gasteiger partial charge is 0.494 e. The van der Waals surface area contributed by atoms with Crippen LogP contribution in [-0.4, -0.2) is 23.9 Å². The number of pyridine rings is 1. The first kappa shape index (κ1) is 19.5. The van der Waals surface area contributed by atoms with Crippen molar-refractivity contribution in [1.29, 1.82) is 0 Å². The lowest BCUT2D eigenvalue weighted by Crippen LogP contribution is -2.18. The average molecular weight is 364 g/mol. The second-order valence-corrected chi connectivity index (χ2v) is 6.52. The molecule has 136 valence electrons. The molecule has 0 saturated carbocycles. The summed E-state index contributed by atoms with van der Waals surface area (Å²) in [5.74, 6) is 0.295. The minimum absolute atomic E-state index is 0.211. The number of hydrogen-bond acceptors (Lipinski definition) is 5. The van der Waals surface area contributed by atoms with E-state index in [-0.39, 0.29) is 11.6 Å². The van der Waals surface area contributed by atoms with E-state index >= 15 is 0 Å². The van der Waals surface area contributed by atoms with Crippen LogP contribution < -0.4 is 15.2 Å². The molecule has 2 aromatic rings. The Hall–Kier alpha value is -1.79. The van der Waals surface area contributed by atoms with Crippen molar-refractivity contribution in [3.63, 3.8) is 0 Å².